The van der Waals surface area contributed by atoms with Gasteiger partial charge in [-0.05, 0) is 247 Å². The average molecular weight is 1520 g/mol. The second kappa shape index (κ2) is 48.2. The molecule has 0 N–H and O–H groups in total. The van der Waals surface area contributed by atoms with Crippen molar-refractivity contribution in [3.63, 3.8) is 0 Å². The second-order valence-electron chi connectivity index (χ2n) is 33.4. The second-order valence-corrected chi connectivity index (χ2v) is 35.7. The van der Waals surface area contributed by atoms with Crippen molar-refractivity contribution in [2.45, 2.75) is 326 Å². The van der Waals surface area contributed by atoms with E-state index in [0.29, 0.717) is 65.1 Å². The highest BCUT2D eigenvalue weighted by Gasteiger charge is 2.19. The van der Waals surface area contributed by atoms with Gasteiger partial charge in [0.05, 0.1) is 37.6 Å². The van der Waals surface area contributed by atoms with Crippen LogP contribution in [0.25, 0.3) is 0 Å². The first-order chi connectivity index (χ1) is 50.0. The topological polar surface area (TPSA) is 169 Å². The average Bonchev–Trinajstić information content (AvgIpc) is 1.76. The van der Waals surface area contributed by atoms with Gasteiger partial charge in [0.1, 0.15) is 34.8 Å². The SMILES string of the molecule is CC1=NC(C(C)C)=C(C)C1.CC1=NC(C(C)C)=C(C)C1.CC1=NC(C(C)C)=NC1.CC1=NC(C(C)C)=NC1.CC1=NCC(C)=C1C(C)C.CC1=NCC(C)=C1C(C)C.Cc1cc(C)c(C(C)C)o1.Cc1cc(C)c(C(C)C)s1.Cc1cnc(C(C)C)n1C.Cc1onc(C(C)C)c1C.Cc1snc(C(C)C)c1C. The molecule has 11 heterocycles. The predicted octanol–water partition coefficient (Wildman–Crippen LogP) is 27.1. The molecule has 11 rings (SSSR count). The summed E-state index contributed by atoms with van der Waals surface area (Å²) in [7, 11) is 2.05. The standard InChI is InChI=1S/4C9H15N.C9H14O.C9H14S.C8H14N2.C8H13NO.C8H13NS.2C7H12N2/c2*1-6(2)9-7(3)5-10-8(9)4;4*1-6(2)9-7(3)5-8(4)10-9;1-6(2)8-9-5-7(3)10(8)4;2*1-5(2)8-6(3)7(4)10-9-8;2*1-5(2)7-8-4-6(3)9-7/h4*6H,5H2,1-4H3;3*5-6H,1-4H3;2*5H,1-4H3;2*5H,4H2,1-3H3. The normalized spacial score (nSPS) is 15.0. The number of aliphatic imine (C=N–C) groups is 8. The van der Waals surface area contributed by atoms with E-state index < -0.39 is 0 Å². The van der Waals surface area contributed by atoms with Gasteiger partial charge in [0.2, 0.25) is 0 Å². The van der Waals surface area contributed by atoms with E-state index >= 15 is 0 Å². The van der Waals surface area contributed by atoms with Crippen LogP contribution >= 0.6 is 22.9 Å². The van der Waals surface area contributed by atoms with Crippen molar-refractivity contribution < 1.29 is 8.94 Å². The maximum Gasteiger partial charge on any atom is 0.136 e. The molecule has 0 aromatic carbocycles. The smallest absolute Gasteiger partial charge is 0.136 e. The molecule has 0 saturated carbocycles. The summed E-state index contributed by atoms with van der Waals surface area (Å²) in [6.45, 7) is 91.2. The molecule has 0 aliphatic carbocycles. The number of rotatable bonds is 11. The van der Waals surface area contributed by atoms with Crippen molar-refractivity contribution in [1.82, 2.24) is 19.1 Å². The number of nitrogens with zero attached hydrogens (tertiary/aromatic N) is 12. The molecular formula is C92H152N12O2S2. The van der Waals surface area contributed by atoms with E-state index in [2.05, 4.69) is 327 Å². The van der Waals surface area contributed by atoms with Gasteiger partial charge in [-0.25, -0.2) is 15.0 Å². The molecule has 16 heteroatoms. The summed E-state index contributed by atoms with van der Waals surface area (Å²) in [4.78, 5) is 43.2. The predicted molar refractivity (Wildman–Crippen MR) is 480 cm³/mol. The van der Waals surface area contributed by atoms with Crippen LogP contribution in [0.3, 0.4) is 0 Å². The van der Waals surface area contributed by atoms with Crippen LogP contribution in [0.4, 0.5) is 0 Å². The Morgan fingerprint density at radius 2 is 0.843 bits per heavy atom. The van der Waals surface area contributed by atoms with Gasteiger partial charge in [-0.2, -0.15) is 4.37 Å². The lowest BCUT2D eigenvalue weighted by Gasteiger charge is -2.07. The lowest BCUT2D eigenvalue weighted by molar-refractivity contribution is 0.387. The van der Waals surface area contributed by atoms with Crippen molar-refractivity contribution in [3.05, 3.63) is 140 Å². The molecule has 604 valence electrons. The van der Waals surface area contributed by atoms with Crippen LogP contribution < -0.4 is 0 Å². The molecule has 6 aliphatic heterocycles. The van der Waals surface area contributed by atoms with Crippen molar-refractivity contribution >= 4 is 68.8 Å². The number of aromatic nitrogens is 4. The molecule has 0 amide bonds. The molecule has 0 spiro atoms. The van der Waals surface area contributed by atoms with Gasteiger partial charge in [-0.1, -0.05) is 157 Å². The summed E-state index contributed by atoms with van der Waals surface area (Å²) < 4.78 is 17.0. The summed E-state index contributed by atoms with van der Waals surface area (Å²) in [6, 6.07) is 4.34. The Hall–Kier alpha value is -6.65. The van der Waals surface area contributed by atoms with E-state index in [4.69, 9.17) is 8.94 Å². The Bertz CT molecular complexity index is 3710. The summed E-state index contributed by atoms with van der Waals surface area (Å²) in [5.74, 6) is 12.5. The maximum atomic E-state index is 5.48. The third kappa shape index (κ3) is 33.9. The minimum Gasteiger partial charge on any atom is -0.466 e. The van der Waals surface area contributed by atoms with Crippen molar-refractivity contribution in [3.8, 4) is 0 Å². The van der Waals surface area contributed by atoms with E-state index in [9.17, 15) is 0 Å². The maximum absolute atomic E-state index is 5.48. The summed E-state index contributed by atoms with van der Waals surface area (Å²) >= 11 is 3.53. The Morgan fingerprint density at radius 1 is 0.407 bits per heavy atom. The molecule has 0 atom stereocenters. The molecule has 5 aromatic heterocycles. The molecule has 0 fully saturated rings. The third-order valence-electron chi connectivity index (χ3n) is 18.6. The highest BCUT2D eigenvalue weighted by molar-refractivity contribution is 7.12. The lowest BCUT2D eigenvalue weighted by atomic mass is 9.96. The number of thiophene rings is 1. The fourth-order valence-corrected chi connectivity index (χ4v) is 15.0. The fourth-order valence-electron chi connectivity index (χ4n) is 13.1. The van der Waals surface area contributed by atoms with Crippen LogP contribution in [-0.2, 0) is 7.05 Å². The minimum atomic E-state index is 0.470. The first-order valence-corrected chi connectivity index (χ1v) is 41.6. The number of allylic oxidation sites excluding steroid dienone is 6. The van der Waals surface area contributed by atoms with Crippen molar-refractivity contribution in [1.29, 1.82) is 0 Å². The van der Waals surface area contributed by atoms with Gasteiger partial charge < -0.3 is 13.5 Å². The quantitative estimate of drug-likeness (QED) is 0.128. The van der Waals surface area contributed by atoms with Gasteiger partial charge >= 0.3 is 0 Å². The molecule has 0 saturated heterocycles. The van der Waals surface area contributed by atoms with Crippen LogP contribution in [0.1, 0.15) is 341 Å². The van der Waals surface area contributed by atoms with Crippen LogP contribution in [0.5, 0.6) is 0 Å². The summed E-state index contributed by atoms with van der Waals surface area (Å²) in [6.07, 6.45) is 4.09. The van der Waals surface area contributed by atoms with Crippen molar-refractivity contribution in [2.75, 3.05) is 26.2 Å². The molecular weight excluding hydrogens is 1370 g/mol. The molecule has 6 aliphatic rings. The van der Waals surface area contributed by atoms with E-state index in [1.165, 1.54) is 116 Å². The molecule has 14 nitrogen and oxygen atoms in total. The minimum absolute atomic E-state index is 0.470. The van der Waals surface area contributed by atoms with Gasteiger partial charge in [0.25, 0.3) is 0 Å². The van der Waals surface area contributed by atoms with Gasteiger partial charge in [-0.15, -0.1) is 11.3 Å². The zero-order valence-corrected chi connectivity index (χ0v) is 78.0. The third-order valence-corrected chi connectivity index (χ3v) is 21.0. The van der Waals surface area contributed by atoms with Crippen LogP contribution in [-0.4, -0.2) is 91.2 Å². The van der Waals surface area contributed by atoms with Gasteiger partial charge in [0, 0.05) is 121 Å². The first kappa shape index (κ1) is 99.4. The van der Waals surface area contributed by atoms with Crippen LogP contribution in [0, 0.1) is 97.8 Å². The van der Waals surface area contributed by atoms with Crippen LogP contribution in [0.2, 0.25) is 0 Å². The number of imidazole rings is 1. The molecule has 0 radical (unpaired) electrons. The number of hydrogen-bond donors (Lipinski definition) is 0. The van der Waals surface area contributed by atoms with E-state index in [-0.39, 0.29) is 0 Å². The van der Waals surface area contributed by atoms with E-state index in [1.807, 2.05) is 52.2 Å². The largest absolute Gasteiger partial charge is 0.466 e. The number of hydrogen-bond acceptors (Lipinski definition) is 15. The molecule has 0 bridgehead atoms. The Labute approximate surface area is 667 Å². The zero-order valence-electron chi connectivity index (χ0n) is 76.3. The number of furan rings is 1. The van der Waals surface area contributed by atoms with Gasteiger partial charge in [-0.3, -0.25) is 30.0 Å². The van der Waals surface area contributed by atoms with E-state index in [0.717, 1.165) is 90.9 Å². The molecule has 0 unspecified atom stereocenters. The highest BCUT2D eigenvalue weighted by atomic mass is 32.1. The Morgan fingerprint density at radius 3 is 0.991 bits per heavy atom. The Kier molecular flexibility index (Phi) is 44.3. The highest BCUT2D eigenvalue weighted by Crippen LogP contribution is 2.30. The molecule has 108 heavy (non-hydrogen) atoms. The van der Waals surface area contributed by atoms with E-state index in [1.54, 1.807) is 11.5 Å². The number of aryl methyl sites for hydroxylation is 7. The number of amidine groups is 2. The molecule has 5 aromatic rings. The Balaban J connectivity index is 0.000000594. The van der Waals surface area contributed by atoms with Crippen molar-refractivity contribution in [2.24, 2.45) is 82.5 Å². The fraction of sp³-hybridized carbons (Fsp3) is 0.641. The monoisotopic (exact) mass is 1520 g/mol. The van der Waals surface area contributed by atoms with Crippen LogP contribution in [0.15, 0.2) is 112 Å². The van der Waals surface area contributed by atoms with Gasteiger partial charge in [0.15, 0.2) is 0 Å². The zero-order chi connectivity index (χ0) is 83.2. The summed E-state index contributed by atoms with van der Waals surface area (Å²) in [5.41, 5.74) is 27.5. The first-order valence-electron chi connectivity index (χ1n) is 40.0. The lowest BCUT2D eigenvalue weighted by Crippen LogP contribution is -2.02. The summed E-state index contributed by atoms with van der Waals surface area (Å²) in [5, 5.41) is 3.94.